The first-order chi connectivity index (χ1) is 14.6. The van der Waals surface area contributed by atoms with Gasteiger partial charge in [-0.1, -0.05) is 54.1 Å². The minimum atomic E-state index is -0.250. The Morgan fingerprint density at radius 2 is 1.70 bits per heavy atom. The van der Waals surface area contributed by atoms with E-state index >= 15 is 0 Å². The van der Waals surface area contributed by atoms with E-state index in [1.807, 2.05) is 42.5 Å². The first-order valence-electron chi connectivity index (χ1n) is 9.46. The summed E-state index contributed by atoms with van der Waals surface area (Å²) >= 11 is 6.04. The van der Waals surface area contributed by atoms with Crippen molar-refractivity contribution >= 4 is 23.5 Å². The highest BCUT2D eigenvalue weighted by Crippen LogP contribution is 2.27. The molecule has 0 bridgehead atoms. The van der Waals surface area contributed by atoms with Crippen molar-refractivity contribution in [1.82, 2.24) is 9.97 Å². The number of aromatic nitrogens is 2. The minimum absolute atomic E-state index is 0.250. The SMILES string of the molecule is COc1ccc(C(=O)Nc2nc(-c3ccc(Cl)cc3)c(Cc3ccccc3)[nH]2)cc1. The highest BCUT2D eigenvalue weighted by Gasteiger charge is 2.15. The number of ether oxygens (including phenoxy) is 1. The third kappa shape index (κ3) is 4.53. The van der Waals surface area contributed by atoms with Crippen molar-refractivity contribution in [1.29, 1.82) is 0 Å². The molecule has 30 heavy (non-hydrogen) atoms. The molecule has 0 radical (unpaired) electrons. The van der Waals surface area contributed by atoms with Gasteiger partial charge in [0.15, 0.2) is 0 Å². The fourth-order valence-electron chi connectivity index (χ4n) is 3.17. The van der Waals surface area contributed by atoms with Gasteiger partial charge >= 0.3 is 0 Å². The summed E-state index contributed by atoms with van der Waals surface area (Å²) in [6.45, 7) is 0. The topological polar surface area (TPSA) is 67.0 Å². The number of hydrogen-bond donors (Lipinski definition) is 2. The van der Waals surface area contributed by atoms with Gasteiger partial charge in [0.1, 0.15) is 5.75 Å². The maximum absolute atomic E-state index is 12.6. The predicted molar refractivity (Wildman–Crippen MR) is 119 cm³/mol. The Hall–Kier alpha value is -3.57. The number of amides is 1. The number of methoxy groups -OCH3 is 1. The standard InChI is InChI=1S/C24H20ClN3O2/c1-30-20-13-9-18(10-14-20)23(29)28-24-26-21(15-16-5-3-2-4-6-16)22(27-24)17-7-11-19(25)12-8-17/h2-14H,15H2,1H3,(H2,26,27,28,29). The summed E-state index contributed by atoms with van der Waals surface area (Å²) in [5.74, 6) is 0.840. The summed E-state index contributed by atoms with van der Waals surface area (Å²) < 4.78 is 5.14. The summed E-state index contributed by atoms with van der Waals surface area (Å²) in [5, 5.41) is 3.51. The number of nitrogens with one attached hydrogen (secondary N) is 2. The molecular weight excluding hydrogens is 398 g/mol. The van der Waals surface area contributed by atoms with Gasteiger partial charge in [-0.2, -0.15) is 0 Å². The van der Waals surface area contributed by atoms with Crippen LogP contribution in [0.5, 0.6) is 5.75 Å². The van der Waals surface area contributed by atoms with Gasteiger partial charge in [0, 0.05) is 28.3 Å². The van der Waals surface area contributed by atoms with Gasteiger partial charge in [-0.15, -0.1) is 0 Å². The molecule has 0 fully saturated rings. The molecule has 0 aliphatic carbocycles. The number of H-pyrrole nitrogens is 1. The molecule has 1 aromatic heterocycles. The van der Waals surface area contributed by atoms with Gasteiger partial charge in [0.2, 0.25) is 5.95 Å². The summed E-state index contributed by atoms with van der Waals surface area (Å²) in [6.07, 6.45) is 0.657. The number of benzene rings is 3. The molecule has 4 rings (SSSR count). The Bertz CT molecular complexity index is 1140. The summed E-state index contributed by atoms with van der Waals surface area (Å²) in [6, 6.07) is 24.5. The van der Waals surface area contributed by atoms with Crippen LogP contribution in [0.3, 0.4) is 0 Å². The molecule has 0 aliphatic rings. The zero-order valence-corrected chi connectivity index (χ0v) is 17.1. The molecule has 2 N–H and O–H groups in total. The number of imidazole rings is 1. The lowest BCUT2D eigenvalue weighted by molar-refractivity contribution is 0.102. The van der Waals surface area contributed by atoms with E-state index in [0.717, 1.165) is 22.5 Å². The van der Waals surface area contributed by atoms with Crippen molar-refractivity contribution in [3.8, 4) is 17.0 Å². The highest BCUT2D eigenvalue weighted by molar-refractivity contribution is 6.30. The average Bonchev–Trinajstić information content (AvgIpc) is 3.17. The largest absolute Gasteiger partial charge is 0.497 e. The molecule has 0 saturated heterocycles. The Balaban J connectivity index is 1.63. The molecule has 4 aromatic rings. The zero-order chi connectivity index (χ0) is 20.9. The number of carbonyl (C=O) groups excluding carboxylic acids is 1. The lowest BCUT2D eigenvalue weighted by atomic mass is 10.0. The number of rotatable bonds is 6. The number of aromatic amines is 1. The van der Waals surface area contributed by atoms with E-state index in [1.165, 1.54) is 0 Å². The van der Waals surface area contributed by atoms with Crippen LogP contribution in [0, 0.1) is 0 Å². The molecule has 3 aromatic carbocycles. The predicted octanol–water partition coefficient (Wildman–Crippen LogP) is 5.58. The van der Waals surface area contributed by atoms with E-state index in [0.29, 0.717) is 28.7 Å². The zero-order valence-electron chi connectivity index (χ0n) is 16.4. The number of carbonyl (C=O) groups is 1. The van der Waals surface area contributed by atoms with E-state index in [4.69, 9.17) is 16.3 Å². The van der Waals surface area contributed by atoms with E-state index in [-0.39, 0.29) is 5.91 Å². The maximum atomic E-state index is 12.6. The molecule has 5 nitrogen and oxygen atoms in total. The second-order valence-corrected chi connectivity index (χ2v) is 7.20. The van der Waals surface area contributed by atoms with Gasteiger partial charge in [0.05, 0.1) is 12.8 Å². The van der Waals surface area contributed by atoms with Crippen molar-refractivity contribution < 1.29 is 9.53 Å². The van der Waals surface area contributed by atoms with Crippen LogP contribution in [0.1, 0.15) is 21.6 Å². The monoisotopic (exact) mass is 417 g/mol. The molecule has 0 spiro atoms. The molecule has 0 unspecified atom stereocenters. The van der Waals surface area contributed by atoms with Crippen LogP contribution in [0.25, 0.3) is 11.3 Å². The van der Waals surface area contributed by atoms with Crippen LogP contribution >= 0.6 is 11.6 Å². The normalized spacial score (nSPS) is 10.6. The van der Waals surface area contributed by atoms with Crippen molar-refractivity contribution in [3.63, 3.8) is 0 Å². The van der Waals surface area contributed by atoms with E-state index in [1.54, 1.807) is 31.4 Å². The van der Waals surface area contributed by atoms with E-state index in [2.05, 4.69) is 27.4 Å². The van der Waals surface area contributed by atoms with Crippen LogP contribution < -0.4 is 10.1 Å². The minimum Gasteiger partial charge on any atom is -0.497 e. The van der Waals surface area contributed by atoms with Gasteiger partial charge in [-0.3, -0.25) is 10.1 Å². The number of anilines is 1. The molecular formula is C24H20ClN3O2. The van der Waals surface area contributed by atoms with E-state index < -0.39 is 0 Å². The maximum Gasteiger partial charge on any atom is 0.257 e. The molecule has 6 heteroatoms. The average molecular weight is 418 g/mol. The smallest absolute Gasteiger partial charge is 0.257 e. The molecule has 1 amide bonds. The Labute approximate surface area is 179 Å². The van der Waals surface area contributed by atoms with Crippen molar-refractivity contribution in [3.05, 3.63) is 101 Å². The lowest BCUT2D eigenvalue weighted by Crippen LogP contribution is -2.12. The second kappa shape index (κ2) is 8.84. The van der Waals surface area contributed by atoms with Gasteiger partial charge in [-0.25, -0.2) is 4.98 Å². The first-order valence-corrected chi connectivity index (χ1v) is 9.84. The molecule has 0 aliphatic heterocycles. The highest BCUT2D eigenvalue weighted by atomic mass is 35.5. The van der Waals surface area contributed by atoms with Crippen LogP contribution in [-0.2, 0) is 6.42 Å². The Kier molecular flexibility index (Phi) is 5.82. The van der Waals surface area contributed by atoms with Crippen LogP contribution in [0.4, 0.5) is 5.95 Å². The Morgan fingerprint density at radius 3 is 2.37 bits per heavy atom. The van der Waals surface area contributed by atoms with E-state index in [9.17, 15) is 4.79 Å². The van der Waals surface area contributed by atoms with Gasteiger partial charge < -0.3 is 9.72 Å². The number of nitrogens with zero attached hydrogens (tertiary/aromatic N) is 1. The number of hydrogen-bond acceptors (Lipinski definition) is 3. The van der Waals surface area contributed by atoms with Crippen molar-refractivity contribution in [2.75, 3.05) is 12.4 Å². The second-order valence-electron chi connectivity index (χ2n) is 6.76. The van der Waals surface area contributed by atoms with Crippen LogP contribution in [0.2, 0.25) is 5.02 Å². The van der Waals surface area contributed by atoms with Crippen LogP contribution in [0.15, 0.2) is 78.9 Å². The third-order valence-corrected chi connectivity index (χ3v) is 4.96. The fourth-order valence-corrected chi connectivity index (χ4v) is 3.29. The summed E-state index contributed by atoms with van der Waals surface area (Å²) in [7, 11) is 1.59. The van der Waals surface area contributed by atoms with Crippen molar-refractivity contribution in [2.24, 2.45) is 0 Å². The lowest BCUT2D eigenvalue weighted by Gasteiger charge is -2.04. The summed E-state index contributed by atoms with van der Waals surface area (Å²) in [4.78, 5) is 20.6. The van der Waals surface area contributed by atoms with Gasteiger partial charge in [0.25, 0.3) is 5.91 Å². The number of halogens is 1. The first kappa shape index (κ1) is 19.7. The quantitative estimate of drug-likeness (QED) is 0.430. The summed E-state index contributed by atoms with van der Waals surface area (Å²) in [5.41, 5.74) is 4.27. The molecule has 0 saturated carbocycles. The fraction of sp³-hybridized carbons (Fsp3) is 0.0833. The molecule has 0 atom stereocenters. The van der Waals surface area contributed by atoms with Crippen molar-refractivity contribution in [2.45, 2.75) is 6.42 Å². The van der Waals surface area contributed by atoms with Gasteiger partial charge in [-0.05, 0) is 42.0 Å². The van der Waals surface area contributed by atoms with Crippen LogP contribution in [-0.4, -0.2) is 23.0 Å². The molecule has 1 heterocycles. The molecule has 150 valence electrons. The Morgan fingerprint density at radius 1 is 1.00 bits per heavy atom. The third-order valence-electron chi connectivity index (χ3n) is 4.70.